The Morgan fingerprint density at radius 3 is 2.53 bits per heavy atom. The van der Waals surface area contributed by atoms with Gasteiger partial charge in [0, 0.05) is 35.7 Å². The van der Waals surface area contributed by atoms with Gasteiger partial charge in [0.15, 0.2) is 5.82 Å². The first-order valence-corrected chi connectivity index (χ1v) is 13.5. The van der Waals surface area contributed by atoms with E-state index in [-0.39, 0.29) is 6.04 Å². The van der Waals surface area contributed by atoms with Crippen LogP contribution >= 0.6 is 34.8 Å². The van der Waals surface area contributed by atoms with E-state index >= 15 is 0 Å². The third kappa shape index (κ3) is 5.13. The van der Waals surface area contributed by atoms with E-state index < -0.39 is 0 Å². The number of piperidine rings is 1. The molecule has 34 heavy (non-hydrogen) atoms. The van der Waals surface area contributed by atoms with Crippen LogP contribution in [0.3, 0.4) is 0 Å². The van der Waals surface area contributed by atoms with Crippen molar-refractivity contribution in [1.29, 1.82) is 0 Å². The number of aromatic nitrogens is 2. The van der Waals surface area contributed by atoms with E-state index in [1.807, 2.05) is 19.1 Å². The molecular formula is C26H34Cl3N5. The molecule has 0 bridgehead atoms. The van der Waals surface area contributed by atoms with Crippen LogP contribution in [0.1, 0.15) is 58.1 Å². The second-order valence-corrected chi connectivity index (χ2v) is 12.4. The third-order valence-corrected chi connectivity index (χ3v) is 8.79. The molecule has 1 N–H and O–H groups in total. The molecule has 0 spiro atoms. The molecule has 0 unspecified atom stereocenters. The summed E-state index contributed by atoms with van der Waals surface area (Å²) in [5, 5.41) is 5.14. The first-order chi connectivity index (χ1) is 16.2. The average Bonchev–Trinajstić information content (AvgIpc) is 2.73. The molecule has 2 saturated heterocycles. The van der Waals surface area contributed by atoms with Gasteiger partial charge in [-0.2, -0.15) is 4.98 Å². The van der Waals surface area contributed by atoms with Gasteiger partial charge in [-0.25, -0.2) is 4.98 Å². The Morgan fingerprint density at radius 1 is 1.06 bits per heavy atom. The second kappa shape index (κ2) is 9.65. The van der Waals surface area contributed by atoms with Gasteiger partial charge in [0.25, 0.3) is 0 Å². The summed E-state index contributed by atoms with van der Waals surface area (Å²) in [6.45, 7) is 11.4. The highest BCUT2D eigenvalue weighted by atomic mass is 35.5. The van der Waals surface area contributed by atoms with Crippen molar-refractivity contribution in [3.8, 4) is 0 Å². The van der Waals surface area contributed by atoms with E-state index in [2.05, 4.69) is 33.9 Å². The predicted octanol–water partition coefficient (Wildman–Crippen LogP) is 6.95. The minimum Gasteiger partial charge on any atom is -0.362 e. The Bertz CT molecular complexity index is 1030. The lowest BCUT2D eigenvalue weighted by Gasteiger charge is -2.53. The van der Waals surface area contributed by atoms with E-state index in [9.17, 15) is 0 Å². The highest BCUT2D eigenvalue weighted by Crippen LogP contribution is 2.44. The van der Waals surface area contributed by atoms with Gasteiger partial charge in [-0.1, -0.05) is 54.7 Å². The third-order valence-electron chi connectivity index (χ3n) is 7.95. The lowest BCUT2D eigenvalue weighted by Crippen LogP contribution is -2.57. The summed E-state index contributed by atoms with van der Waals surface area (Å²) in [5.41, 5.74) is 1.49. The highest BCUT2D eigenvalue weighted by molar-refractivity contribution is 6.35. The normalized spacial score (nSPS) is 24.4. The van der Waals surface area contributed by atoms with Gasteiger partial charge in [0.1, 0.15) is 5.02 Å². The number of hydrogen-bond donors (Lipinski definition) is 1. The van der Waals surface area contributed by atoms with Crippen LogP contribution in [0.2, 0.25) is 15.1 Å². The van der Waals surface area contributed by atoms with Gasteiger partial charge in [-0.15, -0.1) is 0 Å². The minimum absolute atomic E-state index is 0.0705. The molecule has 184 valence electrons. The van der Waals surface area contributed by atoms with Crippen LogP contribution in [0.5, 0.6) is 0 Å². The standard InChI is InChI=1S/C26H34Cl3N5/c1-16(21-7-6-19(27)9-22(21)28)31-24-23(29)12-30-25(32-24)34-14-18(15-34)17-5-4-8-33(13-17)20-10-26(2,3)11-20/h6-7,9,12,16-18,20H,4-5,8,10-11,13-15H2,1-3H3,(H,30,31,32)/t16-,17+/m1/s1. The summed E-state index contributed by atoms with van der Waals surface area (Å²) in [7, 11) is 0. The molecule has 3 heterocycles. The second-order valence-electron chi connectivity index (χ2n) is 11.2. The van der Waals surface area contributed by atoms with Gasteiger partial charge in [-0.3, -0.25) is 0 Å². The zero-order valence-electron chi connectivity index (χ0n) is 20.2. The molecule has 1 aliphatic carbocycles. The maximum absolute atomic E-state index is 6.43. The van der Waals surface area contributed by atoms with Crippen LogP contribution in [0.15, 0.2) is 24.4 Å². The smallest absolute Gasteiger partial charge is 0.227 e. The summed E-state index contributed by atoms with van der Waals surface area (Å²) in [5.74, 6) is 2.88. The van der Waals surface area contributed by atoms with Crippen LogP contribution in [0.25, 0.3) is 0 Å². The maximum Gasteiger partial charge on any atom is 0.227 e. The van der Waals surface area contributed by atoms with Crippen molar-refractivity contribution in [2.45, 2.75) is 58.5 Å². The lowest BCUT2D eigenvalue weighted by atomic mass is 9.67. The Kier molecular flexibility index (Phi) is 6.93. The number of hydrogen-bond acceptors (Lipinski definition) is 5. The van der Waals surface area contributed by atoms with Crippen molar-refractivity contribution < 1.29 is 0 Å². The molecule has 2 atom stereocenters. The molecule has 1 saturated carbocycles. The molecule has 8 heteroatoms. The van der Waals surface area contributed by atoms with Gasteiger partial charge < -0.3 is 15.1 Å². The number of nitrogens with one attached hydrogen (secondary N) is 1. The molecule has 0 amide bonds. The number of nitrogens with zero attached hydrogens (tertiary/aromatic N) is 4. The number of likely N-dealkylation sites (tertiary alicyclic amines) is 1. The van der Waals surface area contributed by atoms with Gasteiger partial charge in [0.05, 0.1) is 12.2 Å². The zero-order chi connectivity index (χ0) is 24.0. The number of anilines is 2. The van der Waals surface area contributed by atoms with E-state index in [4.69, 9.17) is 39.8 Å². The predicted molar refractivity (Wildman–Crippen MR) is 142 cm³/mol. The minimum atomic E-state index is -0.0705. The van der Waals surface area contributed by atoms with E-state index in [0.29, 0.717) is 26.3 Å². The molecule has 2 aliphatic heterocycles. The van der Waals surface area contributed by atoms with E-state index in [1.54, 1.807) is 12.3 Å². The number of benzene rings is 1. The Hall–Kier alpha value is -1.27. The van der Waals surface area contributed by atoms with Crippen molar-refractivity contribution in [3.63, 3.8) is 0 Å². The van der Waals surface area contributed by atoms with Gasteiger partial charge in [0.2, 0.25) is 5.95 Å². The van der Waals surface area contributed by atoms with Crippen molar-refractivity contribution in [1.82, 2.24) is 14.9 Å². The first kappa shape index (κ1) is 24.4. The molecule has 5 rings (SSSR count). The zero-order valence-corrected chi connectivity index (χ0v) is 22.5. The van der Waals surface area contributed by atoms with Gasteiger partial charge >= 0.3 is 0 Å². The number of rotatable bonds is 6. The molecule has 3 fully saturated rings. The van der Waals surface area contributed by atoms with E-state index in [1.165, 1.54) is 38.8 Å². The van der Waals surface area contributed by atoms with Gasteiger partial charge in [-0.05, 0) is 74.1 Å². The molecule has 2 aromatic rings. The fourth-order valence-electron chi connectivity index (χ4n) is 5.95. The summed E-state index contributed by atoms with van der Waals surface area (Å²) < 4.78 is 0. The number of halogens is 3. The Balaban J connectivity index is 1.19. The molecular weight excluding hydrogens is 489 g/mol. The van der Waals surface area contributed by atoms with Crippen LogP contribution < -0.4 is 10.2 Å². The van der Waals surface area contributed by atoms with Crippen molar-refractivity contribution in [2.24, 2.45) is 17.3 Å². The largest absolute Gasteiger partial charge is 0.362 e. The van der Waals surface area contributed by atoms with Crippen LogP contribution in [0.4, 0.5) is 11.8 Å². The average molecular weight is 523 g/mol. The fourth-order valence-corrected chi connectivity index (χ4v) is 6.67. The molecule has 3 aliphatic rings. The highest BCUT2D eigenvalue weighted by Gasteiger charge is 2.43. The lowest BCUT2D eigenvalue weighted by molar-refractivity contribution is -0.00913. The van der Waals surface area contributed by atoms with Crippen LogP contribution in [-0.2, 0) is 0 Å². The summed E-state index contributed by atoms with van der Waals surface area (Å²) in [6, 6.07) is 6.25. The van der Waals surface area contributed by atoms with E-state index in [0.717, 1.165) is 42.5 Å². The summed E-state index contributed by atoms with van der Waals surface area (Å²) in [6.07, 6.45) is 7.07. The SMILES string of the molecule is C[C@@H](Nc1nc(N2CC([C@H]3CCCN(C4CC(C)(C)C4)C3)C2)ncc1Cl)c1ccc(Cl)cc1Cl. The summed E-state index contributed by atoms with van der Waals surface area (Å²) in [4.78, 5) is 14.3. The monoisotopic (exact) mass is 521 g/mol. The quantitative estimate of drug-likeness (QED) is 0.445. The topological polar surface area (TPSA) is 44.3 Å². The fraction of sp³-hybridized carbons (Fsp3) is 0.615. The molecule has 5 nitrogen and oxygen atoms in total. The molecule has 1 aromatic carbocycles. The molecule has 0 radical (unpaired) electrons. The molecule has 1 aromatic heterocycles. The Morgan fingerprint density at radius 2 is 1.82 bits per heavy atom. The first-order valence-electron chi connectivity index (χ1n) is 12.4. The van der Waals surface area contributed by atoms with Crippen molar-refractivity contribution >= 4 is 46.6 Å². The summed E-state index contributed by atoms with van der Waals surface area (Å²) >= 11 is 18.9. The maximum atomic E-state index is 6.43. The van der Waals surface area contributed by atoms with Crippen molar-refractivity contribution in [3.05, 3.63) is 45.0 Å². The van der Waals surface area contributed by atoms with Crippen molar-refractivity contribution in [2.75, 3.05) is 36.4 Å². The van der Waals surface area contributed by atoms with Crippen LogP contribution in [0, 0.1) is 17.3 Å². The van der Waals surface area contributed by atoms with Crippen LogP contribution in [-0.4, -0.2) is 47.1 Å². The Labute approximate surface area is 218 Å².